The molecule has 0 spiro atoms. The molecule has 0 radical (unpaired) electrons. The molecule has 1 nitrogen and oxygen atoms in total. The van der Waals surface area contributed by atoms with Crippen LogP contribution in [0.25, 0.3) is 0 Å². The molecule has 0 aliphatic heterocycles. The SMILES string of the molecule is CCCCN(CCCC)c1ccc(CCl)c(C(F)(F)F)c1. The number of hydrogen-bond donors (Lipinski definition) is 0. The Balaban J connectivity index is 3.07. The maximum Gasteiger partial charge on any atom is 0.416 e. The predicted molar refractivity (Wildman–Crippen MR) is 83.0 cm³/mol. The molecule has 0 aromatic heterocycles. The second kappa shape index (κ2) is 8.52. The van der Waals surface area contributed by atoms with Gasteiger partial charge in [0.25, 0.3) is 0 Å². The standard InChI is InChI=1S/C16H23ClF3N/c1-3-5-9-21(10-6-4-2)14-8-7-13(12-17)15(11-14)16(18,19)20/h7-8,11H,3-6,9-10,12H2,1-2H3. The molecule has 0 bridgehead atoms. The summed E-state index contributed by atoms with van der Waals surface area (Å²) in [5.74, 6) is -0.126. The van der Waals surface area contributed by atoms with Crippen LogP contribution in [0.5, 0.6) is 0 Å². The number of anilines is 1. The van der Waals surface area contributed by atoms with E-state index in [4.69, 9.17) is 11.6 Å². The van der Waals surface area contributed by atoms with E-state index in [9.17, 15) is 13.2 Å². The number of benzene rings is 1. The van der Waals surface area contributed by atoms with Crippen LogP contribution in [0.1, 0.15) is 50.7 Å². The Morgan fingerprint density at radius 2 is 1.62 bits per heavy atom. The fourth-order valence-corrected chi connectivity index (χ4v) is 2.44. The van der Waals surface area contributed by atoms with Gasteiger partial charge in [0.1, 0.15) is 0 Å². The van der Waals surface area contributed by atoms with E-state index in [2.05, 4.69) is 13.8 Å². The number of alkyl halides is 4. The summed E-state index contributed by atoms with van der Waals surface area (Å²) >= 11 is 5.62. The molecule has 1 aromatic carbocycles. The molecule has 0 heterocycles. The van der Waals surface area contributed by atoms with E-state index in [0.29, 0.717) is 5.69 Å². The van der Waals surface area contributed by atoms with Gasteiger partial charge in [-0.15, -0.1) is 11.6 Å². The van der Waals surface area contributed by atoms with Crippen LogP contribution < -0.4 is 4.90 Å². The summed E-state index contributed by atoms with van der Waals surface area (Å²) in [5.41, 5.74) is 0.157. The van der Waals surface area contributed by atoms with Gasteiger partial charge in [-0.25, -0.2) is 0 Å². The molecule has 21 heavy (non-hydrogen) atoms. The van der Waals surface area contributed by atoms with E-state index < -0.39 is 11.7 Å². The van der Waals surface area contributed by atoms with Gasteiger partial charge in [-0.1, -0.05) is 32.8 Å². The smallest absolute Gasteiger partial charge is 0.372 e. The van der Waals surface area contributed by atoms with Crippen LogP contribution in [0.3, 0.4) is 0 Å². The van der Waals surface area contributed by atoms with Crippen LogP contribution >= 0.6 is 11.6 Å². The van der Waals surface area contributed by atoms with Gasteiger partial charge in [-0.3, -0.25) is 0 Å². The first-order chi connectivity index (χ1) is 9.93. The molecule has 0 aliphatic carbocycles. The van der Waals surface area contributed by atoms with Gasteiger partial charge in [-0.05, 0) is 30.5 Å². The van der Waals surface area contributed by atoms with Gasteiger partial charge in [0.05, 0.1) is 5.56 Å². The highest BCUT2D eigenvalue weighted by molar-refractivity contribution is 6.17. The fraction of sp³-hybridized carbons (Fsp3) is 0.625. The largest absolute Gasteiger partial charge is 0.416 e. The molecule has 0 atom stereocenters. The zero-order valence-corrected chi connectivity index (χ0v) is 13.4. The second-order valence-electron chi connectivity index (χ2n) is 5.17. The molecular formula is C16H23ClF3N. The highest BCUT2D eigenvalue weighted by Crippen LogP contribution is 2.35. The van der Waals surface area contributed by atoms with Gasteiger partial charge in [0, 0.05) is 24.7 Å². The molecule has 5 heteroatoms. The van der Waals surface area contributed by atoms with E-state index >= 15 is 0 Å². The number of unbranched alkanes of at least 4 members (excludes halogenated alkanes) is 2. The molecule has 0 saturated heterocycles. The van der Waals surface area contributed by atoms with Crippen molar-refractivity contribution >= 4 is 17.3 Å². The molecule has 0 fully saturated rings. The van der Waals surface area contributed by atoms with E-state index in [1.165, 1.54) is 12.1 Å². The van der Waals surface area contributed by atoms with E-state index in [1.807, 2.05) is 4.90 Å². The Morgan fingerprint density at radius 3 is 2.05 bits per heavy atom. The highest BCUT2D eigenvalue weighted by Gasteiger charge is 2.33. The van der Waals surface area contributed by atoms with E-state index in [0.717, 1.165) is 38.8 Å². The van der Waals surface area contributed by atoms with E-state index in [-0.39, 0.29) is 11.4 Å². The Kier molecular flexibility index (Phi) is 7.36. The van der Waals surface area contributed by atoms with Crippen molar-refractivity contribution in [1.29, 1.82) is 0 Å². The minimum atomic E-state index is -4.36. The first kappa shape index (κ1) is 18.1. The van der Waals surface area contributed by atoms with Gasteiger partial charge >= 0.3 is 6.18 Å². The average Bonchev–Trinajstić information content (AvgIpc) is 2.46. The third kappa shape index (κ3) is 5.42. The summed E-state index contributed by atoms with van der Waals surface area (Å²) in [4.78, 5) is 2.04. The predicted octanol–water partition coefficient (Wildman–Crippen LogP) is 5.85. The molecular weight excluding hydrogens is 299 g/mol. The molecule has 120 valence electrons. The normalized spacial score (nSPS) is 11.7. The molecule has 0 amide bonds. The molecule has 1 rings (SSSR count). The summed E-state index contributed by atoms with van der Waals surface area (Å²) in [5, 5.41) is 0. The van der Waals surface area contributed by atoms with Crippen LogP contribution in [0.2, 0.25) is 0 Å². The number of hydrogen-bond acceptors (Lipinski definition) is 1. The maximum absolute atomic E-state index is 13.1. The third-order valence-electron chi connectivity index (χ3n) is 3.47. The van der Waals surface area contributed by atoms with Gasteiger partial charge < -0.3 is 4.90 Å². The Labute approximate surface area is 130 Å². The van der Waals surface area contributed by atoms with Crippen LogP contribution in [-0.2, 0) is 12.1 Å². The number of nitrogens with zero attached hydrogens (tertiary/aromatic N) is 1. The van der Waals surface area contributed by atoms with Crippen molar-refractivity contribution < 1.29 is 13.2 Å². The first-order valence-electron chi connectivity index (χ1n) is 7.45. The van der Waals surface area contributed by atoms with Gasteiger partial charge in [0.15, 0.2) is 0 Å². The van der Waals surface area contributed by atoms with E-state index in [1.54, 1.807) is 6.07 Å². The van der Waals surface area contributed by atoms with Crippen molar-refractivity contribution in [1.82, 2.24) is 0 Å². The lowest BCUT2D eigenvalue weighted by atomic mass is 10.1. The monoisotopic (exact) mass is 321 g/mol. The quantitative estimate of drug-likeness (QED) is 0.543. The third-order valence-corrected chi connectivity index (χ3v) is 3.76. The summed E-state index contributed by atoms with van der Waals surface area (Å²) in [6.45, 7) is 5.73. The summed E-state index contributed by atoms with van der Waals surface area (Å²) < 4.78 is 39.3. The minimum Gasteiger partial charge on any atom is -0.372 e. The number of rotatable bonds is 8. The summed E-state index contributed by atoms with van der Waals surface area (Å²) in [7, 11) is 0. The molecule has 0 unspecified atom stereocenters. The van der Waals surface area contributed by atoms with Crippen LogP contribution in [0.15, 0.2) is 18.2 Å². The Bertz CT molecular complexity index is 424. The van der Waals surface area contributed by atoms with Crippen molar-refractivity contribution in [3.63, 3.8) is 0 Å². The first-order valence-corrected chi connectivity index (χ1v) is 7.98. The Hall–Kier alpha value is -0.900. The van der Waals surface area contributed by atoms with Crippen molar-refractivity contribution in [2.24, 2.45) is 0 Å². The van der Waals surface area contributed by atoms with Crippen molar-refractivity contribution in [2.75, 3.05) is 18.0 Å². The molecule has 0 saturated carbocycles. The average molecular weight is 322 g/mol. The topological polar surface area (TPSA) is 3.24 Å². The fourth-order valence-electron chi connectivity index (χ4n) is 2.21. The number of halogens is 4. The highest BCUT2D eigenvalue weighted by atomic mass is 35.5. The molecule has 1 aromatic rings. The molecule has 0 aliphatic rings. The van der Waals surface area contributed by atoms with Crippen molar-refractivity contribution in [2.45, 2.75) is 51.6 Å². The van der Waals surface area contributed by atoms with Crippen LogP contribution in [0, 0.1) is 0 Å². The summed E-state index contributed by atoms with van der Waals surface area (Å²) in [6, 6.07) is 4.48. The lowest BCUT2D eigenvalue weighted by Gasteiger charge is -2.26. The van der Waals surface area contributed by atoms with Crippen LogP contribution in [-0.4, -0.2) is 13.1 Å². The minimum absolute atomic E-state index is 0.126. The van der Waals surface area contributed by atoms with Crippen molar-refractivity contribution in [3.8, 4) is 0 Å². The maximum atomic E-state index is 13.1. The van der Waals surface area contributed by atoms with Gasteiger partial charge in [-0.2, -0.15) is 13.2 Å². The zero-order chi connectivity index (χ0) is 15.9. The summed E-state index contributed by atoms with van der Waals surface area (Å²) in [6.07, 6.45) is -0.366. The molecule has 0 N–H and O–H groups in total. The zero-order valence-electron chi connectivity index (χ0n) is 12.6. The van der Waals surface area contributed by atoms with Crippen LogP contribution in [0.4, 0.5) is 18.9 Å². The lowest BCUT2D eigenvalue weighted by molar-refractivity contribution is -0.138. The lowest BCUT2D eigenvalue weighted by Crippen LogP contribution is -2.26. The Morgan fingerprint density at radius 1 is 1.05 bits per heavy atom. The van der Waals surface area contributed by atoms with Crippen molar-refractivity contribution in [3.05, 3.63) is 29.3 Å². The second-order valence-corrected chi connectivity index (χ2v) is 5.43. The van der Waals surface area contributed by atoms with Gasteiger partial charge in [0.2, 0.25) is 0 Å².